The molecular weight excluding hydrogens is 520 g/mol. The minimum atomic E-state index is -0.364. The Hall–Kier alpha value is -2.33. The van der Waals surface area contributed by atoms with Crippen LogP contribution in [-0.2, 0) is 4.74 Å². The van der Waals surface area contributed by atoms with Crippen molar-refractivity contribution in [2.24, 2.45) is 0 Å². The van der Waals surface area contributed by atoms with E-state index in [1.54, 1.807) is 12.1 Å². The molecule has 0 fully saturated rings. The second-order valence-electron chi connectivity index (χ2n) is 11.9. The topological polar surface area (TPSA) is 44.8 Å². The van der Waals surface area contributed by atoms with Crippen LogP contribution < -0.4 is 9.47 Å². The summed E-state index contributed by atoms with van der Waals surface area (Å²) < 4.78 is 17.5. The second-order valence-corrected chi connectivity index (χ2v) is 11.9. The zero-order chi connectivity index (χ0) is 30.1. The molecule has 1 atom stereocenters. The first-order chi connectivity index (χ1) is 20.6. The third-order valence-corrected chi connectivity index (χ3v) is 8.03. The molecule has 0 heterocycles. The van der Waals surface area contributed by atoms with Gasteiger partial charge in [-0.2, -0.15) is 0 Å². The molecule has 42 heavy (non-hydrogen) atoms. The maximum absolute atomic E-state index is 12.6. The van der Waals surface area contributed by atoms with E-state index in [0.29, 0.717) is 17.9 Å². The fraction of sp³-hybridized carbons (Fsp3) is 0.658. The highest BCUT2D eigenvalue weighted by molar-refractivity contribution is 5.91. The van der Waals surface area contributed by atoms with E-state index in [1.165, 1.54) is 109 Å². The molecule has 0 aliphatic heterocycles. The first-order valence-electron chi connectivity index (χ1n) is 17.3. The van der Waals surface area contributed by atoms with E-state index in [4.69, 9.17) is 14.2 Å². The highest BCUT2D eigenvalue weighted by Gasteiger charge is 2.11. The summed E-state index contributed by atoms with van der Waals surface area (Å²) in [5, 5.41) is 0. The van der Waals surface area contributed by atoms with E-state index < -0.39 is 0 Å². The van der Waals surface area contributed by atoms with E-state index in [2.05, 4.69) is 20.8 Å². The predicted molar refractivity (Wildman–Crippen MR) is 177 cm³/mol. The molecule has 236 valence electrons. The van der Waals surface area contributed by atoms with Crippen LogP contribution in [-0.4, -0.2) is 19.2 Å². The summed E-state index contributed by atoms with van der Waals surface area (Å²) in [5.74, 6) is 0.963. The van der Waals surface area contributed by atoms with Crippen molar-refractivity contribution in [3.8, 4) is 11.5 Å². The van der Waals surface area contributed by atoms with Crippen LogP contribution in [0.3, 0.4) is 0 Å². The molecule has 4 heteroatoms. The monoisotopic (exact) mass is 580 g/mol. The van der Waals surface area contributed by atoms with Gasteiger partial charge in [0.2, 0.25) is 0 Å². The minimum Gasteiger partial charge on any atom is -0.494 e. The summed E-state index contributed by atoms with van der Waals surface area (Å²) in [5.41, 5.74) is 1.61. The Kier molecular flexibility index (Phi) is 20.6. The van der Waals surface area contributed by atoms with E-state index in [0.717, 1.165) is 30.8 Å². The van der Waals surface area contributed by atoms with Crippen molar-refractivity contribution in [1.82, 2.24) is 0 Å². The fourth-order valence-electron chi connectivity index (χ4n) is 5.21. The Labute approximate surface area is 257 Å². The third kappa shape index (κ3) is 16.9. The Morgan fingerprint density at radius 3 is 1.48 bits per heavy atom. The molecule has 0 bridgehead atoms. The quantitative estimate of drug-likeness (QED) is 0.0630. The van der Waals surface area contributed by atoms with Gasteiger partial charge in [-0.1, -0.05) is 135 Å². The number of unbranched alkanes of at least 4 members (excludes halogenated alkanes) is 17. The van der Waals surface area contributed by atoms with Gasteiger partial charge in [0.1, 0.15) is 11.5 Å². The van der Waals surface area contributed by atoms with Crippen LogP contribution in [0.15, 0.2) is 48.5 Å². The van der Waals surface area contributed by atoms with Gasteiger partial charge in [-0.15, -0.1) is 0 Å². The van der Waals surface area contributed by atoms with Crippen molar-refractivity contribution < 1.29 is 19.0 Å². The van der Waals surface area contributed by atoms with Crippen molar-refractivity contribution in [3.05, 3.63) is 59.7 Å². The average molecular weight is 581 g/mol. The van der Waals surface area contributed by atoms with Crippen molar-refractivity contribution in [2.45, 2.75) is 149 Å². The Bertz CT molecular complexity index is 906. The van der Waals surface area contributed by atoms with Crippen LogP contribution >= 0.6 is 0 Å². The second kappa shape index (κ2) is 24.1. The number of hydrogen-bond donors (Lipinski definition) is 0. The molecule has 0 saturated heterocycles. The van der Waals surface area contributed by atoms with E-state index in [1.807, 2.05) is 36.4 Å². The van der Waals surface area contributed by atoms with Crippen LogP contribution in [0.25, 0.3) is 0 Å². The van der Waals surface area contributed by atoms with Crippen molar-refractivity contribution >= 4 is 5.97 Å². The number of rotatable bonds is 26. The highest BCUT2D eigenvalue weighted by Crippen LogP contribution is 2.22. The normalized spacial score (nSPS) is 11.9. The molecule has 0 N–H and O–H groups in total. The van der Waals surface area contributed by atoms with Crippen LogP contribution in [0.4, 0.5) is 0 Å². The molecule has 0 aliphatic rings. The Balaban J connectivity index is 1.54. The summed E-state index contributed by atoms with van der Waals surface area (Å²) in [6.45, 7) is 8.09. The minimum absolute atomic E-state index is 0.0240. The molecule has 0 radical (unpaired) electrons. The largest absolute Gasteiger partial charge is 0.494 e. The summed E-state index contributed by atoms with van der Waals surface area (Å²) in [7, 11) is 0. The lowest BCUT2D eigenvalue weighted by atomic mass is 10.0. The zero-order valence-corrected chi connectivity index (χ0v) is 27.2. The predicted octanol–water partition coefficient (Wildman–Crippen LogP) is 11.8. The Morgan fingerprint density at radius 1 is 0.548 bits per heavy atom. The summed E-state index contributed by atoms with van der Waals surface area (Å²) >= 11 is 0. The number of esters is 1. The van der Waals surface area contributed by atoms with Gasteiger partial charge in [0.15, 0.2) is 0 Å². The molecular formula is C38H60O4. The van der Waals surface area contributed by atoms with Crippen molar-refractivity contribution in [3.63, 3.8) is 0 Å². The lowest BCUT2D eigenvalue weighted by molar-refractivity contribution is 0.0627. The standard InChI is InChI=1S/C38H60O4/c1-4-6-8-10-12-13-14-15-16-17-18-20-21-31-40-33(3)34-23-29-37(30-24-34)42-38(39)35-25-27-36(28-26-35)41-32-22-19-11-9-7-5-2/h23-30,33H,4-22,31-32H2,1-3H3. The van der Waals surface area contributed by atoms with Crippen LogP contribution in [0.2, 0.25) is 0 Å². The van der Waals surface area contributed by atoms with E-state index >= 15 is 0 Å². The van der Waals surface area contributed by atoms with Crippen molar-refractivity contribution in [1.29, 1.82) is 0 Å². The van der Waals surface area contributed by atoms with Gasteiger partial charge in [-0.05, 0) is 61.7 Å². The number of ether oxygens (including phenoxy) is 3. The number of carbonyl (C=O) groups is 1. The van der Waals surface area contributed by atoms with Gasteiger partial charge in [-0.25, -0.2) is 4.79 Å². The lowest BCUT2D eigenvalue weighted by Gasteiger charge is -2.14. The van der Waals surface area contributed by atoms with Crippen LogP contribution in [0.1, 0.15) is 165 Å². The fourth-order valence-corrected chi connectivity index (χ4v) is 5.21. The van der Waals surface area contributed by atoms with Crippen LogP contribution in [0.5, 0.6) is 11.5 Å². The summed E-state index contributed by atoms with van der Waals surface area (Å²) in [4.78, 5) is 12.6. The third-order valence-electron chi connectivity index (χ3n) is 8.03. The molecule has 0 amide bonds. The smallest absolute Gasteiger partial charge is 0.343 e. The molecule has 2 rings (SSSR count). The number of carbonyl (C=O) groups excluding carboxylic acids is 1. The summed E-state index contributed by atoms with van der Waals surface area (Å²) in [6, 6.07) is 14.9. The number of hydrogen-bond acceptors (Lipinski definition) is 4. The molecule has 0 aromatic heterocycles. The molecule has 1 unspecified atom stereocenters. The van der Waals surface area contributed by atoms with Gasteiger partial charge in [-0.3, -0.25) is 0 Å². The SMILES string of the molecule is CCCCCCCCCCCCCCCOC(C)c1ccc(OC(=O)c2ccc(OCCCCCCCC)cc2)cc1. The molecule has 0 spiro atoms. The maximum atomic E-state index is 12.6. The van der Waals surface area contributed by atoms with Gasteiger partial charge >= 0.3 is 5.97 Å². The average Bonchev–Trinajstić information content (AvgIpc) is 3.01. The lowest BCUT2D eigenvalue weighted by Crippen LogP contribution is -2.09. The van der Waals surface area contributed by atoms with Gasteiger partial charge in [0.05, 0.1) is 18.3 Å². The molecule has 2 aromatic carbocycles. The van der Waals surface area contributed by atoms with Crippen LogP contribution in [0, 0.1) is 0 Å². The molecule has 2 aromatic rings. The van der Waals surface area contributed by atoms with Gasteiger partial charge in [0.25, 0.3) is 0 Å². The highest BCUT2D eigenvalue weighted by atomic mass is 16.5. The van der Waals surface area contributed by atoms with E-state index in [-0.39, 0.29) is 12.1 Å². The zero-order valence-electron chi connectivity index (χ0n) is 27.2. The van der Waals surface area contributed by atoms with Crippen molar-refractivity contribution in [2.75, 3.05) is 13.2 Å². The Morgan fingerprint density at radius 2 is 0.976 bits per heavy atom. The van der Waals surface area contributed by atoms with E-state index in [9.17, 15) is 4.79 Å². The molecule has 4 nitrogen and oxygen atoms in total. The first-order valence-corrected chi connectivity index (χ1v) is 17.3. The summed E-state index contributed by atoms with van der Waals surface area (Å²) in [6.07, 6.45) is 25.1. The molecule has 0 aliphatic carbocycles. The molecule has 0 saturated carbocycles. The maximum Gasteiger partial charge on any atom is 0.343 e. The van der Waals surface area contributed by atoms with Gasteiger partial charge in [0, 0.05) is 6.61 Å². The number of benzene rings is 2. The van der Waals surface area contributed by atoms with Gasteiger partial charge < -0.3 is 14.2 Å². The first kappa shape index (κ1) is 35.9.